The summed E-state index contributed by atoms with van der Waals surface area (Å²) in [5.74, 6) is 6.52. The molecule has 0 atom stereocenters. The highest BCUT2D eigenvalue weighted by molar-refractivity contribution is 5.95. The highest BCUT2D eigenvalue weighted by Crippen LogP contribution is 2.33. The van der Waals surface area contributed by atoms with Crippen molar-refractivity contribution >= 4 is 11.6 Å². The Morgan fingerprint density at radius 3 is 2.54 bits per heavy atom. The number of anilines is 1. The highest BCUT2D eigenvalue weighted by atomic mass is 16.2. The monoisotopic (exact) mass is 315 g/mol. The molecule has 0 saturated heterocycles. The number of hydrogen-bond acceptors (Lipinski definition) is 3. The molecule has 4 heteroatoms. The molecule has 118 valence electrons. The van der Waals surface area contributed by atoms with E-state index in [9.17, 15) is 4.79 Å². The first-order valence-electron chi connectivity index (χ1n) is 8.08. The van der Waals surface area contributed by atoms with Gasteiger partial charge in [0, 0.05) is 24.0 Å². The molecule has 2 aliphatic rings. The predicted molar refractivity (Wildman–Crippen MR) is 92.5 cm³/mol. The number of benzene rings is 2. The van der Waals surface area contributed by atoms with E-state index in [0.717, 1.165) is 22.4 Å². The average Bonchev–Trinajstić information content (AvgIpc) is 3.33. The van der Waals surface area contributed by atoms with E-state index in [-0.39, 0.29) is 11.6 Å². The Bertz CT molecular complexity index is 898. The first-order chi connectivity index (χ1) is 11.6. The van der Waals surface area contributed by atoms with Crippen molar-refractivity contribution in [2.45, 2.75) is 32.0 Å². The lowest BCUT2D eigenvalue weighted by molar-refractivity contribution is -0.119. The highest BCUT2D eigenvalue weighted by Gasteiger charge is 2.35. The molecule has 4 rings (SSSR count). The molecule has 4 nitrogen and oxygen atoms in total. The van der Waals surface area contributed by atoms with Crippen molar-refractivity contribution in [3.8, 4) is 11.8 Å². The second-order valence-corrected chi connectivity index (χ2v) is 6.32. The molecular weight excluding hydrogens is 298 g/mol. The first-order valence-corrected chi connectivity index (χ1v) is 8.08. The molecule has 1 amide bonds. The third-order valence-electron chi connectivity index (χ3n) is 4.43. The van der Waals surface area contributed by atoms with Gasteiger partial charge in [-0.3, -0.25) is 4.79 Å². The Labute approximate surface area is 141 Å². The van der Waals surface area contributed by atoms with Gasteiger partial charge in [0.15, 0.2) is 5.66 Å². The minimum atomic E-state index is -0.352. The van der Waals surface area contributed by atoms with Crippen LogP contribution in [0.25, 0.3) is 0 Å². The lowest BCUT2D eigenvalue weighted by Gasteiger charge is -2.26. The molecule has 2 aromatic carbocycles. The predicted octanol–water partition coefficient (Wildman–Crippen LogP) is 3.90. The number of amides is 1. The van der Waals surface area contributed by atoms with Gasteiger partial charge in [-0.15, -0.1) is 0 Å². The van der Waals surface area contributed by atoms with Crippen LogP contribution in [-0.4, -0.2) is 11.6 Å². The van der Waals surface area contributed by atoms with E-state index in [0.29, 0.717) is 19.4 Å². The van der Waals surface area contributed by atoms with Crippen LogP contribution in [0.3, 0.4) is 0 Å². The molecule has 0 bridgehead atoms. The van der Waals surface area contributed by atoms with Crippen molar-refractivity contribution < 1.29 is 4.79 Å². The van der Waals surface area contributed by atoms with E-state index in [4.69, 9.17) is 0 Å². The third kappa shape index (κ3) is 2.81. The van der Waals surface area contributed by atoms with Gasteiger partial charge < -0.3 is 4.90 Å². The van der Waals surface area contributed by atoms with Crippen molar-refractivity contribution in [3.05, 3.63) is 65.2 Å². The van der Waals surface area contributed by atoms with E-state index >= 15 is 0 Å². The summed E-state index contributed by atoms with van der Waals surface area (Å²) >= 11 is 0. The van der Waals surface area contributed by atoms with E-state index in [1.165, 1.54) is 0 Å². The Morgan fingerprint density at radius 1 is 1.08 bits per heavy atom. The zero-order valence-electron chi connectivity index (χ0n) is 13.5. The van der Waals surface area contributed by atoms with E-state index in [1.807, 2.05) is 60.4 Å². The van der Waals surface area contributed by atoms with Crippen molar-refractivity contribution in [1.29, 1.82) is 0 Å². The summed E-state index contributed by atoms with van der Waals surface area (Å²) in [6.45, 7) is 2.48. The van der Waals surface area contributed by atoms with Crippen molar-refractivity contribution in [2.24, 2.45) is 10.2 Å². The van der Waals surface area contributed by atoms with Gasteiger partial charge in [-0.1, -0.05) is 42.2 Å². The molecule has 2 heterocycles. The largest absolute Gasteiger partial charge is 0.307 e. The standard InChI is InChI=1S/C20H17N3O/c1-20(21-22-20)13-12-19(24)23-14-17-8-3-2-6-15(17)10-11-16-7-4-5-9-18(16)23/h2-9H,12-14H2,1H3. The fourth-order valence-corrected chi connectivity index (χ4v) is 2.87. The first kappa shape index (κ1) is 14.6. The zero-order chi connectivity index (χ0) is 16.6. The van der Waals surface area contributed by atoms with Crippen LogP contribution in [0.1, 0.15) is 36.5 Å². The normalized spacial score (nSPS) is 16.1. The maximum Gasteiger partial charge on any atom is 0.227 e. The lowest BCUT2D eigenvalue weighted by atomic mass is 10.0. The summed E-state index contributed by atoms with van der Waals surface area (Å²) in [6, 6.07) is 15.8. The molecule has 24 heavy (non-hydrogen) atoms. The fourth-order valence-electron chi connectivity index (χ4n) is 2.87. The maximum atomic E-state index is 12.9. The average molecular weight is 315 g/mol. The Hall–Kier alpha value is -2.93. The van der Waals surface area contributed by atoms with Crippen molar-refractivity contribution in [2.75, 3.05) is 4.90 Å². The van der Waals surface area contributed by atoms with E-state index < -0.39 is 0 Å². The molecule has 0 saturated carbocycles. The minimum absolute atomic E-state index is 0.0829. The molecule has 2 aromatic rings. The van der Waals surface area contributed by atoms with Gasteiger partial charge in [0.25, 0.3) is 0 Å². The van der Waals surface area contributed by atoms with Crippen molar-refractivity contribution in [3.63, 3.8) is 0 Å². The molecule has 0 unspecified atom stereocenters. The second-order valence-electron chi connectivity index (χ2n) is 6.32. The number of fused-ring (bicyclic) bond motifs is 2. The second kappa shape index (κ2) is 5.61. The smallest absolute Gasteiger partial charge is 0.227 e. The maximum absolute atomic E-state index is 12.9. The summed E-state index contributed by atoms with van der Waals surface area (Å²) in [4.78, 5) is 14.7. The Morgan fingerprint density at radius 2 is 1.75 bits per heavy atom. The SMILES string of the molecule is CC1(CCC(=O)N2Cc3ccccc3C#Cc3ccccc32)N=N1. The van der Waals surface area contributed by atoms with Crippen LogP contribution in [0, 0.1) is 11.8 Å². The number of hydrogen-bond donors (Lipinski definition) is 0. The molecule has 2 aliphatic heterocycles. The zero-order valence-corrected chi connectivity index (χ0v) is 13.5. The van der Waals surface area contributed by atoms with Crippen LogP contribution >= 0.6 is 0 Å². The minimum Gasteiger partial charge on any atom is -0.307 e. The summed E-state index contributed by atoms with van der Waals surface area (Å²) in [5.41, 5.74) is 3.45. The van der Waals surface area contributed by atoms with Crippen LogP contribution in [-0.2, 0) is 11.3 Å². The topological polar surface area (TPSA) is 45.0 Å². The Balaban J connectivity index is 1.70. The quantitative estimate of drug-likeness (QED) is 0.792. The lowest BCUT2D eigenvalue weighted by Crippen LogP contribution is -2.32. The fraction of sp³-hybridized carbons (Fsp3) is 0.250. The molecule has 0 aliphatic carbocycles. The number of nitrogens with zero attached hydrogens (tertiary/aromatic N) is 3. The van der Waals surface area contributed by atoms with Gasteiger partial charge >= 0.3 is 0 Å². The molecule has 0 fully saturated rings. The summed E-state index contributed by atoms with van der Waals surface area (Å²) in [5, 5.41) is 7.99. The van der Waals surface area contributed by atoms with Crippen LogP contribution in [0.2, 0.25) is 0 Å². The number of carbonyl (C=O) groups is 1. The van der Waals surface area contributed by atoms with Gasteiger partial charge in [0.1, 0.15) is 0 Å². The number of carbonyl (C=O) groups excluding carboxylic acids is 1. The third-order valence-corrected chi connectivity index (χ3v) is 4.43. The van der Waals surface area contributed by atoms with Gasteiger partial charge in [0.05, 0.1) is 12.2 Å². The van der Waals surface area contributed by atoms with Crippen LogP contribution in [0.4, 0.5) is 5.69 Å². The molecule has 0 spiro atoms. The Kier molecular flexibility index (Phi) is 3.42. The van der Waals surface area contributed by atoms with Crippen molar-refractivity contribution in [1.82, 2.24) is 0 Å². The van der Waals surface area contributed by atoms with Crippen LogP contribution in [0.5, 0.6) is 0 Å². The number of rotatable bonds is 3. The van der Waals surface area contributed by atoms with E-state index in [2.05, 4.69) is 22.1 Å². The van der Waals surface area contributed by atoms with Gasteiger partial charge in [-0.2, -0.15) is 10.2 Å². The number of para-hydroxylation sites is 1. The molecule has 0 aromatic heterocycles. The van der Waals surface area contributed by atoms with Gasteiger partial charge in [-0.05, 0) is 30.7 Å². The molecule has 0 radical (unpaired) electrons. The van der Waals surface area contributed by atoms with Crippen LogP contribution in [0.15, 0.2) is 58.8 Å². The van der Waals surface area contributed by atoms with Gasteiger partial charge in [0.2, 0.25) is 5.91 Å². The van der Waals surface area contributed by atoms with Gasteiger partial charge in [-0.25, -0.2) is 0 Å². The van der Waals surface area contributed by atoms with Crippen LogP contribution < -0.4 is 4.90 Å². The summed E-state index contributed by atoms with van der Waals surface area (Å²) in [6.07, 6.45) is 1.07. The molecular formula is C20H17N3O. The summed E-state index contributed by atoms with van der Waals surface area (Å²) in [7, 11) is 0. The van der Waals surface area contributed by atoms with E-state index in [1.54, 1.807) is 0 Å². The summed E-state index contributed by atoms with van der Waals surface area (Å²) < 4.78 is 0. The molecule has 0 N–H and O–H groups in total.